The molecule has 0 unspecified atom stereocenters. The Morgan fingerprint density at radius 1 is 1.47 bits per heavy atom. The lowest BCUT2D eigenvalue weighted by atomic mass is 10.2. The zero-order chi connectivity index (χ0) is 12.9. The fraction of sp³-hybridized carbons (Fsp3) is 0.333. The van der Waals surface area contributed by atoms with E-state index in [2.05, 4.69) is 10.3 Å². The third-order valence-electron chi connectivity index (χ3n) is 1.93. The average Bonchev–Trinajstić information content (AvgIpc) is 2.23. The molecule has 1 amide bonds. The molecule has 0 bridgehead atoms. The Balaban J connectivity index is 2.41. The second-order valence-corrected chi connectivity index (χ2v) is 5.18. The van der Waals surface area contributed by atoms with Crippen molar-refractivity contribution in [1.82, 2.24) is 10.3 Å². The Kier molecular flexibility index (Phi) is 4.41. The first kappa shape index (κ1) is 13.4. The lowest BCUT2D eigenvalue weighted by Crippen LogP contribution is -2.27. The van der Waals surface area contributed by atoms with Gasteiger partial charge in [0.05, 0.1) is 5.75 Å². The number of pyridine rings is 1. The molecule has 0 spiro atoms. The summed E-state index contributed by atoms with van der Waals surface area (Å²) in [5.41, 5.74) is 5.80. The van der Waals surface area contributed by atoms with Crippen LogP contribution in [0, 0.1) is 0 Å². The molecule has 0 aliphatic heterocycles. The van der Waals surface area contributed by atoms with E-state index in [0.717, 1.165) is 0 Å². The molecule has 0 fully saturated rings. The molecule has 0 aromatic carbocycles. The Labute approximate surface area is 99.3 Å². The van der Waals surface area contributed by atoms with Gasteiger partial charge in [-0.05, 0) is 18.6 Å². The van der Waals surface area contributed by atoms with Gasteiger partial charge in [-0.15, -0.1) is 0 Å². The molecule has 1 aromatic heterocycles. The molecular formula is C9H14N4O3S. The van der Waals surface area contributed by atoms with Crippen LogP contribution in [0.2, 0.25) is 0 Å². The van der Waals surface area contributed by atoms with Crippen LogP contribution in [-0.4, -0.2) is 31.6 Å². The Morgan fingerprint density at radius 3 is 2.76 bits per heavy atom. The van der Waals surface area contributed by atoms with Gasteiger partial charge in [-0.1, -0.05) is 0 Å². The van der Waals surface area contributed by atoms with E-state index >= 15 is 0 Å². The first-order valence-corrected chi connectivity index (χ1v) is 6.60. The summed E-state index contributed by atoms with van der Waals surface area (Å²) in [6.45, 7) is 0.234. The summed E-state index contributed by atoms with van der Waals surface area (Å²) in [5.74, 6) is -0.234. The van der Waals surface area contributed by atoms with E-state index in [1.807, 2.05) is 0 Å². The zero-order valence-corrected chi connectivity index (χ0v) is 9.90. The summed E-state index contributed by atoms with van der Waals surface area (Å²) in [7, 11) is -3.47. The monoisotopic (exact) mass is 258 g/mol. The van der Waals surface area contributed by atoms with Crippen LogP contribution in [0.15, 0.2) is 18.3 Å². The van der Waals surface area contributed by atoms with Gasteiger partial charge in [0.2, 0.25) is 10.0 Å². The van der Waals surface area contributed by atoms with Crippen molar-refractivity contribution in [3.05, 3.63) is 23.9 Å². The van der Waals surface area contributed by atoms with Crippen LogP contribution in [0.3, 0.4) is 0 Å². The second-order valence-electron chi connectivity index (χ2n) is 3.45. The van der Waals surface area contributed by atoms with Gasteiger partial charge in [0, 0.05) is 18.3 Å². The van der Waals surface area contributed by atoms with E-state index in [9.17, 15) is 13.2 Å². The number of anilines is 1. The molecule has 5 N–H and O–H groups in total. The average molecular weight is 258 g/mol. The Hall–Kier alpha value is -1.67. The maximum Gasteiger partial charge on any atom is 0.251 e. The lowest BCUT2D eigenvalue weighted by molar-refractivity contribution is 0.0953. The number of nitrogen functional groups attached to an aromatic ring is 1. The van der Waals surface area contributed by atoms with Crippen molar-refractivity contribution in [3.63, 3.8) is 0 Å². The fourth-order valence-corrected chi connectivity index (χ4v) is 1.71. The van der Waals surface area contributed by atoms with Crippen LogP contribution in [0.5, 0.6) is 0 Å². The summed E-state index contributed by atoms with van der Waals surface area (Å²) in [6.07, 6.45) is 1.69. The van der Waals surface area contributed by atoms with E-state index in [1.54, 1.807) is 0 Å². The first-order valence-electron chi connectivity index (χ1n) is 4.89. The number of nitrogens with zero attached hydrogens (tertiary/aromatic N) is 1. The smallest absolute Gasteiger partial charge is 0.251 e. The minimum atomic E-state index is -3.47. The van der Waals surface area contributed by atoms with Crippen molar-refractivity contribution in [2.75, 3.05) is 18.0 Å². The van der Waals surface area contributed by atoms with Crippen LogP contribution in [0.25, 0.3) is 0 Å². The molecule has 0 radical (unpaired) electrons. The van der Waals surface area contributed by atoms with Crippen molar-refractivity contribution in [1.29, 1.82) is 0 Å². The molecule has 0 aliphatic rings. The quantitative estimate of drug-likeness (QED) is 0.588. The van der Waals surface area contributed by atoms with Crippen LogP contribution in [-0.2, 0) is 10.0 Å². The molecule has 17 heavy (non-hydrogen) atoms. The van der Waals surface area contributed by atoms with Gasteiger partial charge < -0.3 is 11.1 Å². The number of nitrogens with one attached hydrogen (secondary N) is 1. The van der Waals surface area contributed by atoms with E-state index in [-0.39, 0.29) is 30.4 Å². The van der Waals surface area contributed by atoms with Crippen LogP contribution >= 0.6 is 0 Å². The van der Waals surface area contributed by atoms with Gasteiger partial charge in [-0.25, -0.2) is 18.5 Å². The zero-order valence-electron chi connectivity index (χ0n) is 9.09. The van der Waals surface area contributed by atoms with Gasteiger partial charge in [0.25, 0.3) is 5.91 Å². The molecule has 0 saturated heterocycles. The van der Waals surface area contributed by atoms with Crippen molar-refractivity contribution in [2.24, 2.45) is 5.14 Å². The van der Waals surface area contributed by atoms with Crippen LogP contribution in [0.4, 0.5) is 5.82 Å². The number of nitrogens with two attached hydrogens (primary N) is 2. The Morgan fingerprint density at radius 2 is 2.18 bits per heavy atom. The number of hydrogen-bond acceptors (Lipinski definition) is 5. The van der Waals surface area contributed by atoms with Crippen molar-refractivity contribution in [2.45, 2.75) is 6.42 Å². The predicted octanol–water partition coefficient (Wildman–Crippen LogP) is -0.928. The SMILES string of the molecule is Nc1cc(C(=O)NCCCS(N)(=O)=O)ccn1. The topological polar surface area (TPSA) is 128 Å². The summed E-state index contributed by atoms with van der Waals surface area (Å²) < 4.78 is 21.3. The van der Waals surface area contributed by atoms with Crippen LogP contribution in [0.1, 0.15) is 16.8 Å². The lowest BCUT2D eigenvalue weighted by Gasteiger charge is -2.04. The van der Waals surface area contributed by atoms with Crippen molar-refractivity contribution < 1.29 is 13.2 Å². The molecule has 8 heteroatoms. The molecule has 94 valence electrons. The number of carbonyl (C=O) groups excluding carboxylic acids is 1. The molecule has 1 rings (SSSR count). The van der Waals surface area contributed by atoms with Crippen molar-refractivity contribution >= 4 is 21.7 Å². The standard InChI is InChI=1S/C9H14N4O3S/c10-8-6-7(2-4-12-8)9(14)13-3-1-5-17(11,15)16/h2,4,6H,1,3,5H2,(H2,10,12)(H,13,14)(H2,11,15,16). The van der Waals surface area contributed by atoms with E-state index in [0.29, 0.717) is 5.56 Å². The maximum atomic E-state index is 11.5. The molecular weight excluding hydrogens is 244 g/mol. The number of aromatic nitrogens is 1. The highest BCUT2D eigenvalue weighted by Gasteiger charge is 2.06. The Bertz CT molecular complexity index is 501. The van der Waals surface area contributed by atoms with Gasteiger partial charge in [-0.3, -0.25) is 4.79 Å². The molecule has 0 saturated carbocycles. The number of carbonyl (C=O) groups is 1. The fourth-order valence-electron chi connectivity index (χ4n) is 1.17. The summed E-state index contributed by atoms with van der Waals surface area (Å²) in [4.78, 5) is 15.3. The largest absolute Gasteiger partial charge is 0.384 e. The molecule has 0 aliphatic carbocycles. The van der Waals surface area contributed by atoms with Gasteiger partial charge in [-0.2, -0.15) is 0 Å². The molecule has 1 aromatic rings. The van der Waals surface area contributed by atoms with Gasteiger partial charge >= 0.3 is 0 Å². The first-order chi connectivity index (χ1) is 7.88. The van der Waals surface area contributed by atoms with E-state index < -0.39 is 10.0 Å². The van der Waals surface area contributed by atoms with Gasteiger partial charge in [0.15, 0.2) is 0 Å². The minimum absolute atomic E-state index is 0.161. The summed E-state index contributed by atoms with van der Waals surface area (Å²) >= 11 is 0. The third kappa shape index (κ3) is 5.27. The number of rotatable bonds is 5. The minimum Gasteiger partial charge on any atom is -0.384 e. The predicted molar refractivity (Wildman–Crippen MR) is 63.6 cm³/mol. The highest BCUT2D eigenvalue weighted by atomic mass is 32.2. The molecule has 0 atom stereocenters. The third-order valence-corrected chi connectivity index (χ3v) is 2.79. The summed E-state index contributed by atoms with van der Waals surface area (Å²) in [6, 6.07) is 2.96. The normalized spacial score (nSPS) is 11.1. The second kappa shape index (κ2) is 5.60. The highest BCUT2D eigenvalue weighted by molar-refractivity contribution is 7.89. The van der Waals surface area contributed by atoms with Gasteiger partial charge in [0.1, 0.15) is 5.82 Å². The molecule has 1 heterocycles. The summed E-state index contributed by atoms with van der Waals surface area (Å²) in [5, 5.41) is 7.37. The van der Waals surface area contributed by atoms with Crippen LogP contribution < -0.4 is 16.2 Å². The molecule has 7 nitrogen and oxygen atoms in total. The van der Waals surface area contributed by atoms with E-state index in [1.165, 1.54) is 18.3 Å². The maximum absolute atomic E-state index is 11.5. The number of amides is 1. The number of sulfonamides is 1. The highest BCUT2D eigenvalue weighted by Crippen LogP contribution is 2.02. The number of hydrogen-bond donors (Lipinski definition) is 3. The van der Waals surface area contributed by atoms with Crippen molar-refractivity contribution in [3.8, 4) is 0 Å². The number of primary sulfonamides is 1. The van der Waals surface area contributed by atoms with E-state index in [4.69, 9.17) is 10.9 Å².